The number of nitrogens with zero attached hydrogens (tertiary/aromatic N) is 2. The van der Waals surface area contributed by atoms with Gasteiger partial charge in [-0.15, -0.1) is 11.3 Å². The zero-order chi connectivity index (χ0) is 10.8. The summed E-state index contributed by atoms with van der Waals surface area (Å²) in [5.74, 6) is 0. The lowest BCUT2D eigenvalue weighted by atomic mass is 10.3. The first-order valence-corrected chi connectivity index (χ1v) is 6.86. The van der Waals surface area contributed by atoms with E-state index in [1.54, 1.807) is 23.1 Å². The SMILES string of the molecule is Cc1csc(Sc2ncc(Br)cc2C)n1. The number of halogens is 1. The highest BCUT2D eigenvalue weighted by molar-refractivity contribution is 9.10. The van der Waals surface area contributed by atoms with E-state index < -0.39 is 0 Å². The fourth-order valence-corrected chi connectivity index (χ4v) is 3.32. The van der Waals surface area contributed by atoms with Gasteiger partial charge in [0.1, 0.15) is 5.03 Å². The normalized spacial score (nSPS) is 10.6. The first kappa shape index (κ1) is 11.1. The predicted octanol–water partition coefficient (Wildman–Crippen LogP) is 4.07. The molecule has 0 saturated carbocycles. The molecule has 0 saturated heterocycles. The van der Waals surface area contributed by atoms with Crippen LogP contribution in [0.1, 0.15) is 11.3 Å². The summed E-state index contributed by atoms with van der Waals surface area (Å²) in [5.41, 5.74) is 2.24. The molecule has 0 bridgehead atoms. The minimum atomic E-state index is 1.01. The third kappa shape index (κ3) is 2.80. The van der Waals surface area contributed by atoms with Crippen LogP contribution < -0.4 is 0 Å². The number of aromatic nitrogens is 2. The molecule has 0 N–H and O–H groups in total. The van der Waals surface area contributed by atoms with Gasteiger partial charge in [-0.25, -0.2) is 9.97 Å². The molecular formula is C10H9BrN2S2. The van der Waals surface area contributed by atoms with Crippen molar-refractivity contribution in [2.45, 2.75) is 23.2 Å². The Bertz CT molecular complexity index is 482. The van der Waals surface area contributed by atoms with Crippen molar-refractivity contribution in [3.63, 3.8) is 0 Å². The number of thiazole rings is 1. The van der Waals surface area contributed by atoms with Crippen molar-refractivity contribution in [3.8, 4) is 0 Å². The van der Waals surface area contributed by atoms with E-state index in [9.17, 15) is 0 Å². The molecule has 2 aromatic rings. The molecule has 78 valence electrons. The van der Waals surface area contributed by atoms with Gasteiger partial charge in [0.2, 0.25) is 0 Å². The standard InChI is InChI=1S/C10H9BrN2S2/c1-6-3-8(11)4-12-9(6)15-10-13-7(2)5-14-10/h3-5H,1-2H3. The van der Waals surface area contributed by atoms with Crippen molar-refractivity contribution in [1.82, 2.24) is 9.97 Å². The van der Waals surface area contributed by atoms with Crippen molar-refractivity contribution in [1.29, 1.82) is 0 Å². The Labute approximate surface area is 105 Å². The van der Waals surface area contributed by atoms with Crippen LogP contribution in [-0.2, 0) is 0 Å². The van der Waals surface area contributed by atoms with Gasteiger partial charge < -0.3 is 0 Å². The van der Waals surface area contributed by atoms with E-state index >= 15 is 0 Å². The van der Waals surface area contributed by atoms with Crippen LogP contribution in [0.5, 0.6) is 0 Å². The molecule has 0 aliphatic rings. The average Bonchev–Trinajstić information content (AvgIpc) is 2.56. The van der Waals surface area contributed by atoms with Crippen LogP contribution >= 0.6 is 39.0 Å². The molecule has 5 heteroatoms. The Kier molecular flexibility index (Phi) is 3.43. The van der Waals surface area contributed by atoms with Gasteiger partial charge in [-0.2, -0.15) is 0 Å². The summed E-state index contributed by atoms with van der Waals surface area (Å²) in [6, 6.07) is 2.07. The second-order valence-corrected chi connectivity index (χ2v) is 6.14. The van der Waals surface area contributed by atoms with Gasteiger partial charge in [0.25, 0.3) is 0 Å². The molecule has 0 atom stereocenters. The maximum atomic E-state index is 4.40. The Morgan fingerprint density at radius 2 is 2.20 bits per heavy atom. The van der Waals surface area contributed by atoms with Gasteiger partial charge in [0, 0.05) is 21.7 Å². The van der Waals surface area contributed by atoms with Crippen LogP contribution in [0, 0.1) is 13.8 Å². The van der Waals surface area contributed by atoms with Crippen molar-refractivity contribution >= 4 is 39.0 Å². The summed E-state index contributed by atoms with van der Waals surface area (Å²) >= 11 is 6.68. The summed E-state index contributed by atoms with van der Waals surface area (Å²) in [7, 11) is 0. The number of hydrogen-bond acceptors (Lipinski definition) is 4. The predicted molar refractivity (Wildman–Crippen MR) is 67.6 cm³/mol. The Balaban J connectivity index is 2.24. The monoisotopic (exact) mass is 300 g/mol. The lowest BCUT2D eigenvalue weighted by molar-refractivity contribution is 1.06. The molecule has 0 spiro atoms. The van der Waals surface area contributed by atoms with E-state index in [0.29, 0.717) is 0 Å². The van der Waals surface area contributed by atoms with E-state index in [0.717, 1.165) is 19.5 Å². The van der Waals surface area contributed by atoms with Crippen molar-refractivity contribution in [2.75, 3.05) is 0 Å². The molecule has 0 aliphatic heterocycles. The third-order valence-electron chi connectivity index (χ3n) is 1.78. The highest BCUT2D eigenvalue weighted by Gasteiger charge is 2.06. The smallest absolute Gasteiger partial charge is 0.156 e. The fourth-order valence-electron chi connectivity index (χ4n) is 1.10. The molecule has 2 rings (SSSR count). The van der Waals surface area contributed by atoms with Crippen LogP contribution in [0.25, 0.3) is 0 Å². The molecule has 0 radical (unpaired) electrons. The van der Waals surface area contributed by atoms with E-state index in [1.807, 2.05) is 13.1 Å². The summed E-state index contributed by atoms with van der Waals surface area (Å²) in [6.45, 7) is 4.06. The first-order valence-electron chi connectivity index (χ1n) is 4.37. The number of pyridine rings is 1. The number of rotatable bonds is 2. The zero-order valence-electron chi connectivity index (χ0n) is 8.32. The highest BCUT2D eigenvalue weighted by atomic mass is 79.9. The molecule has 2 heterocycles. The van der Waals surface area contributed by atoms with Gasteiger partial charge in [0.15, 0.2) is 4.34 Å². The summed E-state index contributed by atoms with van der Waals surface area (Å²) in [4.78, 5) is 8.76. The Morgan fingerprint density at radius 1 is 1.40 bits per heavy atom. The molecule has 0 fully saturated rings. The Hall–Kier alpha value is -0.390. The van der Waals surface area contributed by atoms with Crippen molar-refractivity contribution < 1.29 is 0 Å². The van der Waals surface area contributed by atoms with E-state index in [2.05, 4.69) is 44.3 Å². The maximum absolute atomic E-state index is 4.40. The largest absolute Gasteiger partial charge is 0.248 e. The lowest BCUT2D eigenvalue weighted by Crippen LogP contribution is -1.85. The first-order chi connectivity index (χ1) is 7.15. The van der Waals surface area contributed by atoms with Crippen LogP contribution in [0.3, 0.4) is 0 Å². The Morgan fingerprint density at radius 3 is 2.80 bits per heavy atom. The van der Waals surface area contributed by atoms with Crippen molar-refractivity contribution in [3.05, 3.63) is 33.4 Å². The second kappa shape index (κ2) is 4.63. The minimum Gasteiger partial charge on any atom is -0.248 e. The van der Waals surface area contributed by atoms with Gasteiger partial charge in [-0.05, 0) is 53.2 Å². The average molecular weight is 301 g/mol. The molecule has 0 amide bonds. The summed E-state index contributed by atoms with van der Waals surface area (Å²) in [6.07, 6.45) is 1.82. The molecule has 0 aliphatic carbocycles. The molecular weight excluding hydrogens is 292 g/mol. The molecule has 0 unspecified atom stereocenters. The third-order valence-corrected chi connectivity index (χ3v) is 4.39. The van der Waals surface area contributed by atoms with Crippen LogP contribution in [0.4, 0.5) is 0 Å². The van der Waals surface area contributed by atoms with Crippen LogP contribution in [-0.4, -0.2) is 9.97 Å². The summed E-state index contributed by atoms with van der Waals surface area (Å²) in [5, 5.41) is 3.07. The fraction of sp³-hybridized carbons (Fsp3) is 0.200. The second-order valence-electron chi connectivity index (χ2n) is 3.13. The maximum Gasteiger partial charge on any atom is 0.156 e. The van der Waals surface area contributed by atoms with Crippen molar-refractivity contribution in [2.24, 2.45) is 0 Å². The van der Waals surface area contributed by atoms with E-state index in [4.69, 9.17) is 0 Å². The lowest BCUT2D eigenvalue weighted by Gasteiger charge is -2.01. The number of hydrogen-bond donors (Lipinski definition) is 0. The number of aryl methyl sites for hydroxylation is 2. The van der Waals surface area contributed by atoms with E-state index in [1.165, 1.54) is 5.56 Å². The van der Waals surface area contributed by atoms with Crippen LogP contribution in [0.2, 0.25) is 0 Å². The minimum absolute atomic E-state index is 1.01. The molecule has 15 heavy (non-hydrogen) atoms. The zero-order valence-corrected chi connectivity index (χ0v) is 11.5. The van der Waals surface area contributed by atoms with Gasteiger partial charge >= 0.3 is 0 Å². The molecule has 0 aromatic carbocycles. The van der Waals surface area contributed by atoms with Gasteiger partial charge in [-0.1, -0.05) is 0 Å². The topological polar surface area (TPSA) is 25.8 Å². The quantitative estimate of drug-likeness (QED) is 0.836. The molecule has 2 nitrogen and oxygen atoms in total. The van der Waals surface area contributed by atoms with E-state index in [-0.39, 0.29) is 0 Å². The highest BCUT2D eigenvalue weighted by Crippen LogP contribution is 2.31. The molecule has 2 aromatic heterocycles. The van der Waals surface area contributed by atoms with Crippen LogP contribution in [0.15, 0.2) is 31.5 Å². The van der Waals surface area contributed by atoms with Gasteiger partial charge in [0.05, 0.1) is 0 Å². The summed E-state index contributed by atoms with van der Waals surface area (Å²) < 4.78 is 2.06. The van der Waals surface area contributed by atoms with Gasteiger partial charge in [-0.3, -0.25) is 0 Å².